The molecular formula is C13H15F2N3O3. The number of fused-ring (bicyclic) bond motifs is 1. The normalized spacial score (nSPS) is 12.1. The maximum absolute atomic E-state index is 12.9. The zero-order valence-corrected chi connectivity index (χ0v) is 11.5. The van der Waals surface area contributed by atoms with Crippen LogP contribution in [-0.2, 0) is 0 Å². The summed E-state index contributed by atoms with van der Waals surface area (Å²) in [6.45, 7) is 0.190. The van der Waals surface area contributed by atoms with Crippen molar-refractivity contribution in [1.82, 2.24) is 9.78 Å². The van der Waals surface area contributed by atoms with Gasteiger partial charge in [-0.3, -0.25) is 4.79 Å². The van der Waals surface area contributed by atoms with E-state index in [1.807, 2.05) is 0 Å². The van der Waals surface area contributed by atoms with Gasteiger partial charge in [-0.15, -0.1) is 0 Å². The standard InChI is InChI=1S/C13H15F2N3O3/c1-13(2,20)6-21-7-3-4-8-9(5-7)18(12(14)15)17-10(8)11(16)19/h3-5,12,20H,6H2,1-2H3,(H2,16,19). The Labute approximate surface area is 119 Å². The number of halogens is 2. The van der Waals surface area contributed by atoms with Gasteiger partial charge in [0.15, 0.2) is 5.69 Å². The van der Waals surface area contributed by atoms with Crippen molar-refractivity contribution >= 4 is 16.8 Å². The number of amides is 1. The van der Waals surface area contributed by atoms with E-state index >= 15 is 0 Å². The molecule has 0 spiro atoms. The molecule has 21 heavy (non-hydrogen) atoms. The molecule has 1 heterocycles. The van der Waals surface area contributed by atoms with Crippen molar-refractivity contribution in [1.29, 1.82) is 0 Å². The quantitative estimate of drug-likeness (QED) is 0.879. The third-order valence-electron chi connectivity index (χ3n) is 2.69. The number of rotatable bonds is 5. The molecule has 1 aromatic heterocycles. The van der Waals surface area contributed by atoms with Crippen LogP contribution in [0.4, 0.5) is 8.78 Å². The summed E-state index contributed by atoms with van der Waals surface area (Å²) in [5, 5.41) is 13.3. The Morgan fingerprint density at radius 2 is 2.19 bits per heavy atom. The molecule has 0 aliphatic rings. The summed E-state index contributed by atoms with van der Waals surface area (Å²) in [5.74, 6) is -0.605. The zero-order valence-electron chi connectivity index (χ0n) is 11.5. The molecule has 1 amide bonds. The predicted molar refractivity (Wildman–Crippen MR) is 71.3 cm³/mol. The third-order valence-corrected chi connectivity index (χ3v) is 2.69. The number of nitrogens with zero attached hydrogens (tertiary/aromatic N) is 2. The van der Waals surface area contributed by atoms with Gasteiger partial charge in [0.2, 0.25) is 0 Å². The van der Waals surface area contributed by atoms with Crippen LogP contribution in [0.1, 0.15) is 30.9 Å². The first kappa shape index (κ1) is 15.2. The smallest absolute Gasteiger partial charge is 0.333 e. The van der Waals surface area contributed by atoms with Crippen molar-refractivity contribution in [3.05, 3.63) is 23.9 Å². The average molecular weight is 299 g/mol. The maximum atomic E-state index is 12.9. The largest absolute Gasteiger partial charge is 0.491 e. The lowest BCUT2D eigenvalue weighted by molar-refractivity contribution is 0.0284. The summed E-state index contributed by atoms with van der Waals surface area (Å²) in [5.41, 5.74) is 3.88. The van der Waals surface area contributed by atoms with Gasteiger partial charge in [0.1, 0.15) is 12.4 Å². The third kappa shape index (κ3) is 3.27. The van der Waals surface area contributed by atoms with Gasteiger partial charge >= 0.3 is 6.55 Å². The van der Waals surface area contributed by atoms with Crippen molar-refractivity contribution in [2.75, 3.05) is 6.61 Å². The number of aromatic nitrogens is 2. The van der Waals surface area contributed by atoms with Crippen molar-refractivity contribution in [3.63, 3.8) is 0 Å². The first-order valence-electron chi connectivity index (χ1n) is 6.14. The van der Waals surface area contributed by atoms with Crippen LogP contribution in [0.2, 0.25) is 0 Å². The minimum Gasteiger partial charge on any atom is -0.491 e. The van der Waals surface area contributed by atoms with Crippen molar-refractivity contribution < 1.29 is 23.4 Å². The van der Waals surface area contributed by atoms with Gasteiger partial charge in [-0.1, -0.05) is 0 Å². The van der Waals surface area contributed by atoms with E-state index in [2.05, 4.69) is 5.10 Å². The van der Waals surface area contributed by atoms with E-state index in [0.29, 0.717) is 4.68 Å². The fraction of sp³-hybridized carbons (Fsp3) is 0.385. The molecule has 0 fully saturated rings. The van der Waals surface area contributed by atoms with Crippen LogP contribution in [0.5, 0.6) is 5.75 Å². The number of primary amides is 1. The number of carbonyl (C=O) groups is 1. The highest BCUT2D eigenvalue weighted by atomic mass is 19.3. The number of benzene rings is 1. The Hall–Kier alpha value is -2.22. The molecular weight excluding hydrogens is 284 g/mol. The Balaban J connectivity index is 2.46. The van der Waals surface area contributed by atoms with Crippen LogP contribution in [-0.4, -0.2) is 33.0 Å². The Kier molecular flexibility index (Phi) is 3.82. The van der Waals surface area contributed by atoms with Crippen LogP contribution in [0, 0.1) is 0 Å². The van der Waals surface area contributed by atoms with Crippen molar-refractivity contribution in [2.24, 2.45) is 5.73 Å². The van der Waals surface area contributed by atoms with E-state index in [1.54, 1.807) is 13.8 Å². The molecule has 8 heteroatoms. The second-order valence-electron chi connectivity index (χ2n) is 5.22. The van der Waals surface area contributed by atoms with E-state index in [-0.39, 0.29) is 29.0 Å². The van der Waals surface area contributed by atoms with Gasteiger partial charge in [-0.05, 0) is 26.0 Å². The van der Waals surface area contributed by atoms with Crippen LogP contribution < -0.4 is 10.5 Å². The summed E-state index contributed by atoms with van der Waals surface area (Å²) in [6, 6.07) is 4.26. The van der Waals surface area contributed by atoms with Crippen LogP contribution in [0.15, 0.2) is 18.2 Å². The summed E-state index contributed by atoms with van der Waals surface area (Å²) >= 11 is 0. The lowest BCUT2D eigenvalue weighted by atomic mass is 10.1. The minimum absolute atomic E-state index is 0.00992. The SMILES string of the molecule is CC(C)(O)COc1ccc2c(C(N)=O)nn(C(F)F)c2c1. The van der Waals surface area contributed by atoms with Gasteiger partial charge < -0.3 is 15.6 Å². The minimum atomic E-state index is -2.91. The summed E-state index contributed by atoms with van der Waals surface area (Å²) in [7, 11) is 0. The first-order valence-corrected chi connectivity index (χ1v) is 6.14. The topological polar surface area (TPSA) is 90.4 Å². The molecule has 0 aliphatic carbocycles. The van der Waals surface area contributed by atoms with Crippen molar-refractivity contribution in [3.8, 4) is 5.75 Å². The number of alkyl halides is 2. The van der Waals surface area contributed by atoms with Crippen molar-refractivity contribution in [2.45, 2.75) is 26.0 Å². The second kappa shape index (κ2) is 5.28. The molecule has 114 valence electrons. The molecule has 0 atom stereocenters. The number of aliphatic hydroxyl groups is 1. The molecule has 6 nitrogen and oxygen atoms in total. The monoisotopic (exact) mass is 299 g/mol. The van der Waals surface area contributed by atoms with Crippen LogP contribution in [0.25, 0.3) is 10.9 Å². The van der Waals surface area contributed by atoms with E-state index in [9.17, 15) is 18.7 Å². The molecule has 2 rings (SSSR count). The second-order valence-corrected chi connectivity index (χ2v) is 5.22. The average Bonchev–Trinajstić information content (AvgIpc) is 2.74. The number of nitrogens with two attached hydrogens (primary N) is 1. The Bertz CT molecular complexity index is 677. The zero-order chi connectivity index (χ0) is 15.8. The van der Waals surface area contributed by atoms with Crippen LogP contribution >= 0.6 is 0 Å². The number of hydrogen-bond acceptors (Lipinski definition) is 4. The van der Waals surface area contributed by atoms with E-state index < -0.39 is 18.1 Å². The fourth-order valence-electron chi connectivity index (χ4n) is 1.80. The number of carbonyl (C=O) groups excluding carboxylic acids is 1. The maximum Gasteiger partial charge on any atom is 0.333 e. The molecule has 0 saturated carbocycles. The molecule has 0 saturated heterocycles. The predicted octanol–water partition coefficient (Wildman–Crippen LogP) is 1.68. The Morgan fingerprint density at radius 3 is 2.71 bits per heavy atom. The number of hydrogen-bond donors (Lipinski definition) is 2. The van der Waals surface area contributed by atoms with Gasteiger partial charge in [0.25, 0.3) is 5.91 Å². The molecule has 0 aliphatic heterocycles. The van der Waals surface area contributed by atoms with E-state index in [4.69, 9.17) is 10.5 Å². The first-order chi connectivity index (χ1) is 9.69. The van der Waals surface area contributed by atoms with Crippen LogP contribution in [0.3, 0.4) is 0 Å². The summed E-state index contributed by atoms with van der Waals surface area (Å²) in [6.07, 6.45) is 0. The summed E-state index contributed by atoms with van der Waals surface area (Å²) in [4.78, 5) is 11.2. The fourth-order valence-corrected chi connectivity index (χ4v) is 1.80. The Morgan fingerprint density at radius 1 is 1.52 bits per heavy atom. The summed E-state index contributed by atoms with van der Waals surface area (Å²) < 4.78 is 31.6. The molecule has 2 aromatic rings. The number of ether oxygens (including phenoxy) is 1. The van der Waals surface area contributed by atoms with E-state index in [0.717, 1.165) is 0 Å². The highest BCUT2D eigenvalue weighted by Gasteiger charge is 2.20. The molecule has 0 radical (unpaired) electrons. The highest BCUT2D eigenvalue weighted by Crippen LogP contribution is 2.27. The van der Waals surface area contributed by atoms with E-state index in [1.165, 1.54) is 18.2 Å². The molecule has 3 N–H and O–H groups in total. The lowest BCUT2D eigenvalue weighted by Crippen LogP contribution is -2.27. The van der Waals surface area contributed by atoms with Gasteiger partial charge in [-0.2, -0.15) is 13.9 Å². The van der Waals surface area contributed by atoms with Gasteiger partial charge in [-0.25, -0.2) is 4.68 Å². The van der Waals surface area contributed by atoms with Gasteiger partial charge in [0, 0.05) is 11.5 Å². The molecule has 1 aromatic carbocycles. The molecule has 0 bridgehead atoms. The lowest BCUT2D eigenvalue weighted by Gasteiger charge is -2.17. The highest BCUT2D eigenvalue weighted by molar-refractivity contribution is 6.04. The van der Waals surface area contributed by atoms with Gasteiger partial charge in [0.05, 0.1) is 11.1 Å². The molecule has 0 unspecified atom stereocenters.